The van der Waals surface area contributed by atoms with Gasteiger partial charge in [0.15, 0.2) is 0 Å². The molecule has 66 valence electrons. The fourth-order valence-electron chi connectivity index (χ4n) is 0.790. The molecular formula is C9H8N2O2. The molecule has 2 N–H and O–H groups in total. The van der Waals surface area contributed by atoms with E-state index in [1.54, 1.807) is 0 Å². The number of ketones is 1. The molecule has 0 aromatic carbocycles. The number of carbonyl (C=O) groups excluding carboxylic acids is 2. The molecule has 0 radical (unpaired) electrons. The van der Waals surface area contributed by atoms with Crippen molar-refractivity contribution in [3.8, 4) is 0 Å². The maximum absolute atomic E-state index is 11.0. The second-order valence-electron chi connectivity index (χ2n) is 2.36. The van der Waals surface area contributed by atoms with Crippen LogP contribution in [-0.4, -0.2) is 16.7 Å². The zero-order valence-corrected chi connectivity index (χ0v) is 6.86. The lowest BCUT2D eigenvalue weighted by Gasteiger charge is -1.96. The summed E-state index contributed by atoms with van der Waals surface area (Å²) in [5.74, 6) is -0.846. The summed E-state index contributed by atoms with van der Waals surface area (Å²) in [5, 5.41) is 0. The highest BCUT2D eigenvalue weighted by atomic mass is 16.1. The first-order valence-corrected chi connectivity index (χ1v) is 3.58. The van der Waals surface area contributed by atoms with E-state index < -0.39 is 5.91 Å². The van der Waals surface area contributed by atoms with Crippen molar-refractivity contribution in [3.63, 3.8) is 0 Å². The quantitative estimate of drug-likeness (QED) is 0.539. The summed E-state index contributed by atoms with van der Waals surface area (Å²) in [4.78, 5) is 25.4. The third-order valence-electron chi connectivity index (χ3n) is 1.49. The predicted octanol–water partition coefficient (Wildman–Crippen LogP) is 0.549. The Morgan fingerprint density at radius 1 is 1.46 bits per heavy atom. The number of nitrogens with two attached hydrogens (primary N) is 1. The Labute approximate surface area is 75.1 Å². The minimum atomic E-state index is -0.565. The molecule has 1 amide bonds. The van der Waals surface area contributed by atoms with Crippen LogP contribution in [0.4, 0.5) is 0 Å². The van der Waals surface area contributed by atoms with Gasteiger partial charge in [-0.3, -0.25) is 14.6 Å². The topological polar surface area (TPSA) is 73.1 Å². The Hall–Kier alpha value is -1.97. The lowest BCUT2D eigenvalue weighted by Crippen LogP contribution is -2.11. The van der Waals surface area contributed by atoms with Crippen molar-refractivity contribution in [2.75, 3.05) is 0 Å². The highest BCUT2D eigenvalue weighted by Gasteiger charge is 2.04. The first-order valence-electron chi connectivity index (χ1n) is 3.58. The van der Waals surface area contributed by atoms with Gasteiger partial charge in [0.2, 0.25) is 11.7 Å². The number of amides is 1. The molecule has 0 saturated carbocycles. The summed E-state index contributed by atoms with van der Waals surface area (Å²) in [6.07, 6.45) is 2.42. The van der Waals surface area contributed by atoms with E-state index in [-0.39, 0.29) is 17.0 Å². The number of pyridine rings is 1. The van der Waals surface area contributed by atoms with Gasteiger partial charge in [0.05, 0.1) is 5.56 Å². The van der Waals surface area contributed by atoms with E-state index in [2.05, 4.69) is 11.6 Å². The maximum atomic E-state index is 11.0. The van der Waals surface area contributed by atoms with E-state index in [1.807, 2.05) is 0 Å². The van der Waals surface area contributed by atoms with Crippen LogP contribution in [0.5, 0.6) is 0 Å². The number of primary amides is 1. The van der Waals surface area contributed by atoms with E-state index in [0.29, 0.717) is 0 Å². The number of aromatic nitrogens is 1. The monoisotopic (exact) mass is 176 g/mol. The molecule has 1 aromatic rings. The molecule has 0 aliphatic rings. The van der Waals surface area contributed by atoms with Gasteiger partial charge in [0.25, 0.3) is 0 Å². The molecule has 0 aliphatic heterocycles. The Balaban J connectivity index is 3.00. The molecule has 0 atom stereocenters. The fraction of sp³-hybridized carbons (Fsp3) is 0. The normalized spacial score (nSPS) is 9.23. The summed E-state index contributed by atoms with van der Waals surface area (Å²) in [6.45, 7) is 3.31. The summed E-state index contributed by atoms with van der Waals surface area (Å²) >= 11 is 0. The number of allylic oxidation sites excluding steroid dienone is 1. The standard InChI is InChI=1S/C9H8N2O2/c1-2-8(12)7-4-3-6(5-11-7)9(10)13/h2-5H,1H2,(H2,10,13). The lowest BCUT2D eigenvalue weighted by molar-refractivity contribution is 0.0996. The number of hydrogen-bond acceptors (Lipinski definition) is 3. The average Bonchev–Trinajstić information content (AvgIpc) is 2.17. The van der Waals surface area contributed by atoms with Crippen LogP contribution in [0, 0.1) is 0 Å². The maximum Gasteiger partial charge on any atom is 0.250 e. The van der Waals surface area contributed by atoms with Crippen molar-refractivity contribution in [1.82, 2.24) is 4.98 Å². The molecule has 0 aliphatic carbocycles. The Kier molecular flexibility index (Phi) is 2.54. The number of rotatable bonds is 3. The smallest absolute Gasteiger partial charge is 0.250 e. The van der Waals surface area contributed by atoms with Crippen LogP contribution in [0.3, 0.4) is 0 Å². The summed E-state index contributed by atoms with van der Waals surface area (Å²) < 4.78 is 0. The molecule has 0 bridgehead atoms. The molecule has 13 heavy (non-hydrogen) atoms. The van der Waals surface area contributed by atoms with Crippen LogP contribution in [0.2, 0.25) is 0 Å². The fourth-order valence-corrected chi connectivity index (χ4v) is 0.790. The first kappa shape index (κ1) is 9.12. The first-order chi connectivity index (χ1) is 6.15. The van der Waals surface area contributed by atoms with Gasteiger partial charge in [-0.25, -0.2) is 0 Å². The van der Waals surface area contributed by atoms with Crippen LogP contribution in [0.15, 0.2) is 31.0 Å². The lowest BCUT2D eigenvalue weighted by atomic mass is 10.2. The third-order valence-corrected chi connectivity index (χ3v) is 1.49. The van der Waals surface area contributed by atoms with Gasteiger partial charge in [-0.15, -0.1) is 0 Å². The highest BCUT2D eigenvalue weighted by Crippen LogP contribution is 2.00. The van der Waals surface area contributed by atoms with E-state index in [9.17, 15) is 9.59 Å². The Bertz CT molecular complexity index is 354. The van der Waals surface area contributed by atoms with Crippen LogP contribution in [-0.2, 0) is 0 Å². The van der Waals surface area contributed by atoms with Gasteiger partial charge >= 0.3 is 0 Å². The molecule has 0 unspecified atom stereocenters. The van der Waals surface area contributed by atoms with Crippen molar-refractivity contribution >= 4 is 11.7 Å². The predicted molar refractivity (Wildman–Crippen MR) is 47.3 cm³/mol. The summed E-state index contributed by atoms with van der Waals surface area (Å²) in [7, 11) is 0. The van der Waals surface area contributed by atoms with Gasteiger partial charge < -0.3 is 5.73 Å². The average molecular weight is 176 g/mol. The van der Waals surface area contributed by atoms with Crippen molar-refractivity contribution in [3.05, 3.63) is 42.2 Å². The molecule has 0 spiro atoms. The largest absolute Gasteiger partial charge is 0.366 e. The zero-order valence-electron chi connectivity index (χ0n) is 6.86. The van der Waals surface area contributed by atoms with Crippen LogP contribution in [0.1, 0.15) is 20.8 Å². The Morgan fingerprint density at radius 3 is 2.54 bits per heavy atom. The highest BCUT2D eigenvalue weighted by molar-refractivity contribution is 6.03. The second kappa shape index (κ2) is 3.62. The number of hydrogen-bond donors (Lipinski definition) is 1. The van der Waals surface area contributed by atoms with E-state index in [4.69, 9.17) is 5.73 Å². The van der Waals surface area contributed by atoms with E-state index in [1.165, 1.54) is 18.3 Å². The van der Waals surface area contributed by atoms with Crippen molar-refractivity contribution in [1.29, 1.82) is 0 Å². The van der Waals surface area contributed by atoms with E-state index >= 15 is 0 Å². The molecule has 0 saturated heterocycles. The second-order valence-corrected chi connectivity index (χ2v) is 2.36. The summed E-state index contributed by atoms with van der Waals surface area (Å²) in [5.41, 5.74) is 5.52. The molecular weight excluding hydrogens is 168 g/mol. The van der Waals surface area contributed by atoms with Crippen LogP contribution >= 0.6 is 0 Å². The van der Waals surface area contributed by atoms with Gasteiger partial charge in [-0.2, -0.15) is 0 Å². The van der Waals surface area contributed by atoms with Gasteiger partial charge in [0, 0.05) is 6.20 Å². The minimum absolute atomic E-state index is 0.250. The zero-order chi connectivity index (χ0) is 9.84. The number of carbonyl (C=O) groups is 2. The van der Waals surface area contributed by atoms with E-state index in [0.717, 1.165) is 6.08 Å². The van der Waals surface area contributed by atoms with Gasteiger partial charge in [-0.05, 0) is 18.2 Å². The minimum Gasteiger partial charge on any atom is -0.366 e. The molecule has 0 fully saturated rings. The van der Waals surface area contributed by atoms with Gasteiger partial charge in [0.1, 0.15) is 5.69 Å². The third kappa shape index (κ3) is 1.99. The Morgan fingerprint density at radius 2 is 2.15 bits per heavy atom. The van der Waals surface area contributed by atoms with Gasteiger partial charge in [-0.1, -0.05) is 6.58 Å². The van der Waals surface area contributed by atoms with Crippen molar-refractivity contribution < 1.29 is 9.59 Å². The molecule has 1 heterocycles. The molecule has 1 aromatic heterocycles. The molecule has 4 nitrogen and oxygen atoms in total. The summed E-state index contributed by atoms with van der Waals surface area (Å²) in [6, 6.07) is 2.89. The SMILES string of the molecule is C=CC(=O)c1ccc(C(N)=O)cn1. The number of nitrogens with zero attached hydrogens (tertiary/aromatic N) is 1. The van der Waals surface area contributed by atoms with Crippen LogP contribution < -0.4 is 5.73 Å². The molecule has 1 rings (SSSR count). The van der Waals surface area contributed by atoms with Crippen molar-refractivity contribution in [2.24, 2.45) is 5.73 Å². The molecule has 4 heteroatoms. The van der Waals surface area contributed by atoms with Crippen molar-refractivity contribution in [2.45, 2.75) is 0 Å². The van der Waals surface area contributed by atoms with Crippen LogP contribution in [0.25, 0.3) is 0 Å².